The number of benzene rings is 1. The van der Waals surface area contributed by atoms with Crippen molar-refractivity contribution in [3.63, 3.8) is 0 Å². The summed E-state index contributed by atoms with van der Waals surface area (Å²) < 4.78 is 10.8. The van der Waals surface area contributed by atoms with E-state index in [1.807, 2.05) is 6.07 Å². The van der Waals surface area contributed by atoms with Crippen LogP contribution in [0.2, 0.25) is 0 Å². The molecule has 0 N–H and O–H groups in total. The molecule has 2 rings (SSSR count). The topological polar surface area (TPSA) is 90.0 Å². The van der Waals surface area contributed by atoms with Gasteiger partial charge in [0.2, 0.25) is 0 Å². The van der Waals surface area contributed by atoms with E-state index in [4.69, 9.17) is 9.47 Å². The van der Waals surface area contributed by atoms with Crippen molar-refractivity contribution < 1.29 is 28.7 Å². The molecule has 4 atom stereocenters. The molecule has 1 fully saturated rings. The first-order valence-corrected chi connectivity index (χ1v) is 9.79. The summed E-state index contributed by atoms with van der Waals surface area (Å²) in [5, 5.41) is 0. The third-order valence-electron chi connectivity index (χ3n) is 4.92. The van der Waals surface area contributed by atoms with Crippen LogP contribution in [0.1, 0.15) is 52.6 Å². The number of ether oxygens (including phenoxy) is 2. The van der Waals surface area contributed by atoms with Gasteiger partial charge in [0.05, 0.1) is 12.6 Å². The lowest BCUT2D eigenvalue weighted by molar-refractivity contribution is -0.150. The molecular formula is C22H29NO6. The first-order chi connectivity index (χ1) is 13.6. The second kappa shape index (κ2) is 9.20. The molecule has 0 saturated carbocycles. The van der Waals surface area contributed by atoms with Crippen LogP contribution in [0.4, 0.5) is 4.79 Å². The van der Waals surface area contributed by atoms with Crippen molar-refractivity contribution in [2.45, 2.75) is 58.7 Å². The Labute approximate surface area is 171 Å². The third kappa shape index (κ3) is 5.02. The zero-order valence-electron chi connectivity index (χ0n) is 17.6. The summed E-state index contributed by atoms with van der Waals surface area (Å²) in [5.74, 6) is -2.27. The summed E-state index contributed by atoms with van der Waals surface area (Å²) in [7, 11) is 0. The second-order valence-electron chi connectivity index (χ2n) is 8.14. The third-order valence-corrected chi connectivity index (χ3v) is 4.92. The van der Waals surface area contributed by atoms with Gasteiger partial charge in [0, 0.05) is 18.3 Å². The Morgan fingerprint density at radius 3 is 2.24 bits per heavy atom. The van der Waals surface area contributed by atoms with Gasteiger partial charge in [0.25, 0.3) is 0 Å². The van der Waals surface area contributed by atoms with E-state index in [0.717, 1.165) is 0 Å². The number of rotatable bonds is 6. The van der Waals surface area contributed by atoms with Gasteiger partial charge in [-0.1, -0.05) is 30.3 Å². The zero-order valence-corrected chi connectivity index (χ0v) is 17.6. The van der Waals surface area contributed by atoms with Gasteiger partial charge in [-0.3, -0.25) is 9.69 Å². The summed E-state index contributed by atoms with van der Waals surface area (Å²) in [6, 6.07) is 7.19. The highest BCUT2D eigenvalue weighted by atomic mass is 16.6. The summed E-state index contributed by atoms with van der Waals surface area (Å²) >= 11 is 0. The predicted molar refractivity (Wildman–Crippen MR) is 106 cm³/mol. The SMILES string of the molecule is CCOC(=O)[C@@H]1[C@@H](CC=O)[C@@H](C(C)=O)[C@H](c2ccccc2)N1C(=O)OC(C)(C)C. The Morgan fingerprint density at radius 2 is 1.76 bits per heavy atom. The summed E-state index contributed by atoms with van der Waals surface area (Å²) in [5.41, 5.74) is -0.104. The van der Waals surface area contributed by atoms with Gasteiger partial charge < -0.3 is 14.3 Å². The number of carbonyl (C=O) groups is 4. The fourth-order valence-electron chi connectivity index (χ4n) is 3.97. The molecule has 7 nitrogen and oxygen atoms in total. The highest BCUT2D eigenvalue weighted by Gasteiger charge is 2.57. The first-order valence-electron chi connectivity index (χ1n) is 9.79. The summed E-state index contributed by atoms with van der Waals surface area (Å²) in [6.07, 6.45) is -0.0897. The van der Waals surface area contributed by atoms with E-state index in [1.165, 1.54) is 11.8 Å². The molecule has 1 aromatic rings. The lowest BCUT2D eigenvalue weighted by atomic mass is 9.80. The Morgan fingerprint density at radius 1 is 1.14 bits per heavy atom. The van der Waals surface area contributed by atoms with Crippen molar-refractivity contribution in [1.82, 2.24) is 4.90 Å². The highest BCUT2D eigenvalue weighted by molar-refractivity contribution is 5.89. The van der Waals surface area contributed by atoms with Crippen LogP contribution in [0.3, 0.4) is 0 Å². The molecule has 1 amide bonds. The van der Waals surface area contributed by atoms with Crippen LogP contribution in [-0.2, 0) is 23.9 Å². The molecule has 0 aliphatic carbocycles. The van der Waals surface area contributed by atoms with E-state index >= 15 is 0 Å². The van der Waals surface area contributed by atoms with Crippen LogP contribution in [0.15, 0.2) is 30.3 Å². The molecule has 1 aliphatic rings. The molecule has 1 heterocycles. The van der Waals surface area contributed by atoms with E-state index in [2.05, 4.69) is 0 Å². The molecule has 29 heavy (non-hydrogen) atoms. The molecular weight excluding hydrogens is 374 g/mol. The van der Waals surface area contributed by atoms with Crippen molar-refractivity contribution >= 4 is 24.1 Å². The molecule has 0 aromatic heterocycles. The Hall–Kier alpha value is -2.70. The zero-order chi connectivity index (χ0) is 21.8. The van der Waals surface area contributed by atoms with E-state index in [1.54, 1.807) is 52.0 Å². The number of ketones is 1. The molecule has 0 bridgehead atoms. The molecule has 1 aromatic carbocycles. The number of hydrogen-bond acceptors (Lipinski definition) is 6. The fourth-order valence-corrected chi connectivity index (χ4v) is 3.97. The van der Waals surface area contributed by atoms with Crippen LogP contribution in [0.5, 0.6) is 0 Å². The van der Waals surface area contributed by atoms with Crippen LogP contribution in [0.25, 0.3) is 0 Å². The predicted octanol–water partition coefficient (Wildman–Crippen LogP) is 3.32. The largest absolute Gasteiger partial charge is 0.464 e. The minimum Gasteiger partial charge on any atom is -0.464 e. The molecule has 0 unspecified atom stereocenters. The number of amides is 1. The van der Waals surface area contributed by atoms with Gasteiger partial charge in [-0.15, -0.1) is 0 Å². The minimum atomic E-state index is -1.09. The Kier molecular flexibility index (Phi) is 7.16. The van der Waals surface area contributed by atoms with E-state index < -0.39 is 41.6 Å². The maximum atomic E-state index is 13.2. The molecule has 158 valence electrons. The van der Waals surface area contributed by atoms with E-state index in [-0.39, 0.29) is 18.8 Å². The molecule has 1 aliphatic heterocycles. The number of likely N-dealkylation sites (tertiary alicyclic amines) is 1. The number of esters is 1. The van der Waals surface area contributed by atoms with Crippen molar-refractivity contribution in [1.29, 1.82) is 0 Å². The fraction of sp³-hybridized carbons (Fsp3) is 0.545. The Balaban J connectivity index is 2.66. The van der Waals surface area contributed by atoms with Crippen molar-refractivity contribution in [2.75, 3.05) is 6.61 Å². The van der Waals surface area contributed by atoms with Gasteiger partial charge in [-0.2, -0.15) is 0 Å². The van der Waals surface area contributed by atoms with Crippen LogP contribution < -0.4 is 0 Å². The monoisotopic (exact) mass is 403 g/mol. The highest BCUT2D eigenvalue weighted by Crippen LogP contribution is 2.47. The maximum absolute atomic E-state index is 13.2. The van der Waals surface area contributed by atoms with Crippen molar-refractivity contribution in [3.05, 3.63) is 35.9 Å². The summed E-state index contributed by atoms with van der Waals surface area (Å²) in [6.45, 7) is 8.37. The lowest BCUT2D eigenvalue weighted by Gasteiger charge is -2.32. The van der Waals surface area contributed by atoms with Gasteiger partial charge in [0.15, 0.2) is 0 Å². The smallest absolute Gasteiger partial charge is 0.411 e. The van der Waals surface area contributed by atoms with Crippen molar-refractivity contribution in [3.8, 4) is 0 Å². The van der Waals surface area contributed by atoms with Gasteiger partial charge in [-0.25, -0.2) is 9.59 Å². The van der Waals surface area contributed by atoms with Gasteiger partial charge in [0.1, 0.15) is 23.7 Å². The normalized spacial score (nSPS) is 24.1. The molecule has 1 saturated heterocycles. The molecule has 7 heteroatoms. The number of aldehydes is 1. The quantitative estimate of drug-likeness (QED) is 0.535. The number of hydrogen-bond donors (Lipinski definition) is 0. The van der Waals surface area contributed by atoms with Gasteiger partial charge >= 0.3 is 12.1 Å². The van der Waals surface area contributed by atoms with Crippen LogP contribution in [0, 0.1) is 11.8 Å². The maximum Gasteiger partial charge on any atom is 0.411 e. The van der Waals surface area contributed by atoms with E-state index in [9.17, 15) is 19.2 Å². The second-order valence-corrected chi connectivity index (χ2v) is 8.14. The van der Waals surface area contributed by atoms with Crippen LogP contribution in [-0.4, -0.2) is 47.3 Å². The first kappa shape index (κ1) is 22.6. The molecule has 0 spiro atoms. The average Bonchev–Trinajstić information content (AvgIpc) is 2.97. The Bertz CT molecular complexity index is 754. The average molecular weight is 403 g/mol. The summed E-state index contributed by atoms with van der Waals surface area (Å²) in [4.78, 5) is 51.4. The van der Waals surface area contributed by atoms with E-state index in [0.29, 0.717) is 11.8 Å². The van der Waals surface area contributed by atoms with Gasteiger partial charge in [-0.05, 0) is 40.2 Å². The number of Topliss-reactive ketones (excluding diaryl/α,β-unsaturated/α-hetero) is 1. The number of nitrogens with zero attached hydrogens (tertiary/aromatic N) is 1. The standard InChI is InChI=1S/C22H29NO6/c1-6-28-20(26)19-16(12-13-24)17(14(2)25)18(15-10-8-7-9-11-15)23(19)21(27)29-22(3,4)5/h7-11,13,16-19H,6,12H2,1-5H3/t16-,17+,18-,19-/m0/s1. The van der Waals surface area contributed by atoms with Crippen LogP contribution >= 0.6 is 0 Å². The minimum absolute atomic E-state index is 0.0453. The number of carbonyl (C=O) groups excluding carboxylic acids is 4. The lowest BCUT2D eigenvalue weighted by Crippen LogP contribution is -2.47. The van der Waals surface area contributed by atoms with Crippen molar-refractivity contribution in [2.24, 2.45) is 11.8 Å². The molecule has 0 radical (unpaired) electrons.